The van der Waals surface area contributed by atoms with Crippen molar-refractivity contribution in [1.82, 2.24) is 14.9 Å². The Bertz CT molecular complexity index is 268. The SMILES string of the molecule is CCCCC(CCc1nccn1C)NC. The quantitative estimate of drug-likeness (QED) is 0.745. The van der Waals surface area contributed by atoms with Gasteiger partial charge in [0.25, 0.3) is 0 Å². The zero-order chi connectivity index (χ0) is 11.1. The van der Waals surface area contributed by atoms with Crippen LogP contribution in [0.1, 0.15) is 38.4 Å². The van der Waals surface area contributed by atoms with Gasteiger partial charge in [-0.05, 0) is 19.9 Å². The van der Waals surface area contributed by atoms with Crippen LogP contribution in [0.4, 0.5) is 0 Å². The predicted octanol–water partition coefficient (Wildman–Crippen LogP) is 2.13. The molecule has 3 heteroatoms. The van der Waals surface area contributed by atoms with Crippen LogP contribution >= 0.6 is 0 Å². The van der Waals surface area contributed by atoms with E-state index in [1.807, 2.05) is 12.4 Å². The van der Waals surface area contributed by atoms with E-state index in [4.69, 9.17) is 0 Å². The summed E-state index contributed by atoms with van der Waals surface area (Å²) in [5, 5.41) is 3.38. The fourth-order valence-electron chi connectivity index (χ4n) is 1.82. The zero-order valence-corrected chi connectivity index (χ0v) is 10.2. The third kappa shape index (κ3) is 4.04. The molecule has 3 nitrogen and oxygen atoms in total. The van der Waals surface area contributed by atoms with Crippen LogP contribution in [0.25, 0.3) is 0 Å². The molecule has 1 rings (SSSR count). The molecule has 1 atom stereocenters. The van der Waals surface area contributed by atoms with Crippen LogP contribution in [0.2, 0.25) is 0 Å². The summed E-state index contributed by atoms with van der Waals surface area (Å²) in [6.45, 7) is 2.24. The van der Waals surface area contributed by atoms with Gasteiger partial charge in [-0.3, -0.25) is 0 Å². The van der Waals surface area contributed by atoms with Gasteiger partial charge in [-0.1, -0.05) is 19.8 Å². The first-order valence-electron chi connectivity index (χ1n) is 5.91. The number of imidazole rings is 1. The molecule has 1 unspecified atom stereocenters. The standard InChI is InChI=1S/C12H23N3/c1-4-5-6-11(13-2)7-8-12-14-9-10-15(12)3/h9-11,13H,4-8H2,1-3H3. The average molecular weight is 209 g/mol. The summed E-state index contributed by atoms with van der Waals surface area (Å²) in [5.74, 6) is 1.19. The van der Waals surface area contributed by atoms with E-state index in [1.165, 1.54) is 31.5 Å². The van der Waals surface area contributed by atoms with E-state index in [0.29, 0.717) is 6.04 Å². The topological polar surface area (TPSA) is 29.9 Å². The highest BCUT2D eigenvalue weighted by molar-refractivity contribution is 4.91. The maximum atomic E-state index is 4.34. The number of hydrogen-bond acceptors (Lipinski definition) is 2. The highest BCUT2D eigenvalue weighted by atomic mass is 15.0. The Morgan fingerprint density at radius 2 is 2.27 bits per heavy atom. The molecular formula is C12H23N3. The van der Waals surface area contributed by atoms with Crippen molar-refractivity contribution in [2.75, 3.05) is 7.05 Å². The Balaban J connectivity index is 2.31. The molecule has 0 amide bonds. The number of unbranched alkanes of at least 4 members (excludes halogenated alkanes) is 1. The van der Waals surface area contributed by atoms with Gasteiger partial charge in [0.2, 0.25) is 0 Å². The van der Waals surface area contributed by atoms with Gasteiger partial charge in [-0.15, -0.1) is 0 Å². The number of nitrogens with one attached hydrogen (secondary N) is 1. The van der Waals surface area contributed by atoms with Crippen LogP contribution in [0.5, 0.6) is 0 Å². The molecule has 0 aliphatic carbocycles. The van der Waals surface area contributed by atoms with Crippen molar-refractivity contribution in [3.63, 3.8) is 0 Å². The summed E-state index contributed by atoms with van der Waals surface area (Å²) < 4.78 is 2.10. The molecular weight excluding hydrogens is 186 g/mol. The van der Waals surface area contributed by atoms with E-state index in [9.17, 15) is 0 Å². The van der Waals surface area contributed by atoms with Gasteiger partial charge in [0.15, 0.2) is 0 Å². The Labute approximate surface area is 92.9 Å². The minimum atomic E-state index is 0.640. The van der Waals surface area contributed by atoms with Gasteiger partial charge in [0.1, 0.15) is 5.82 Å². The second-order valence-electron chi connectivity index (χ2n) is 4.12. The number of nitrogens with zero attached hydrogens (tertiary/aromatic N) is 2. The molecule has 0 aliphatic rings. The highest BCUT2D eigenvalue weighted by Gasteiger charge is 2.07. The summed E-state index contributed by atoms with van der Waals surface area (Å²) >= 11 is 0. The Morgan fingerprint density at radius 3 is 2.80 bits per heavy atom. The minimum Gasteiger partial charge on any atom is -0.338 e. The summed E-state index contributed by atoms with van der Waals surface area (Å²) in [4.78, 5) is 4.34. The number of aryl methyl sites for hydroxylation is 2. The summed E-state index contributed by atoms with van der Waals surface area (Å²) in [7, 11) is 4.11. The molecule has 86 valence electrons. The summed E-state index contributed by atoms with van der Waals surface area (Å²) in [6, 6.07) is 0.640. The maximum Gasteiger partial charge on any atom is 0.108 e. The smallest absolute Gasteiger partial charge is 0.108 e. The van der Waals surface area contributed by atoms with E-state index in [-0.39, 0.29) is 0 Å². The van der Waals surface area contributed by atoms with Crippen LogP contribution in [-0.4, -0.2) is 22.6 Å². The number of aromatic nitrogens is 2. The lowest BCUT2D eigenvalue weighted by atomic mass is 10.0. The third-order valence-corrected chi connectivity index (χ3v) is 2.95. The lowest BCUT2D eigenvalue weighted by Gasteiger charge is -2.15. The van der Waals surface area contributed by atoms with Crippen LogP contribution in [0, 0.1) is 0 Å². The maximum absolute atomic E-state index is 4.34. The highest BCUT2D eigenvalue weighted by Crippen LogP contribution is 2.08. The first-order chi connectivity index (χ1) is 7.27. The zero-order valence-electron chi connectivity index (χ0n) is 10.2. The summed E-state index contributed by atoms with van der Waals surface area (Å²) in [6.07, 6.45) is 10.00. The van der Waals surface area contributed by atoms with Crippen LogP contribution in [-0.2, 0) is 13.5 Å². The molecule has 1 aromatic rings. The van der Waals surface area contributed by atoms with Crippen molar-refractivity contribution < 1.29 is 0 Å². The van der Waals surface area contributed by atoms with Crippen molar-refractivity contribution in [1.29, 1.82) is 0 Å². The predicted molar refractivity (Wildman–Crippen MR) is 63.9 cm³/mol. The fraction of sp³-hybridized carbons (Fsp3) is 0.750. The first kappa shape index (κ1) is 12.2. The normalized spacial score (nSPS) is 13.0. The molecule has 1 N–H and O–H groups in total. The fourth-order valence-corrected chi connectivity index (χ4v) is 1.82. The number of hydrogen-bond donors (Lipinski definition) is 1. The van der Waals surface area contributed by atoms with E-state index >= 15 is 0 Å². The molecule has 0 radical (unpaired) electrons. The van der Waals surface area contributed by atoms with Gasteiger partial charge in [0.05, 0.1) is 0 Å². The Morgan fingerprint density at radius 1 is 1.47 bits per heavy atom. The molecule has 0 saturated carbocycles. The summed E-state index contributed by atoms with van der Waals surface area (Å²) in [5.41, 5.74) is 0. The van der Waals surface area contributed by atoms with Crippen LogP contribution < -0.4 is 5.32 Å². The second-order valence-corrected chi connectivity index (χ2v) is 4.12. The van der Waals surface area contributed by atoms with Crippen molar-refractivity contribution >= 4 is 0 Å². The van der Waals surface area contributed by atoms with Crippen LogP contribution in [0.3, 0.4) is 0 Å². The lowest BCUT2D eigenvalue weighted by molar-refractivity contribution is 0.465. The molecule has 0 fully saturated rings. The van der Waals surface area contributed by atoms with Gasteiger partial charge in [-0.2, -0.15) is 0 Å². The monoisotopic (exact) mass is 209 g/mol. The molecule has 1 heterocycles. The molecule has 0 bridgehead atoms. The molecule has 1 aromatic heterocycles. The third-order valence-electron chi connectivity index (χ3n) is 2.95. The van der Waals surface area contributed by atoms with Crippen molar-refractivity contribution in [2.45, 2.75) is 45.1 Å². The van der Waals surface area contributed by atoms with Crippen LogP contribution in [0.15, 0.2) is 12.4 Å². The van der Waals surface area contributed by atoms with E-state index in [2.05, 4.69) is 35.9 Å². The van der Waals surface area contributed by atoms with E-state index in [1.54, 1.807) is 0 Å². The van der Waals surface area contributed by atoms with Crippen molar-refractivity contribution in [2.24, 2.45) is 7.05 Å². The molecule has 0 saturated heterocycles. The first-order valence-corrected chi connectivity index (χ1v) is 5.91. The largest absolute Gasteiger partial charge is 0.338 e. The van der Waals surface area contributed by atoms with Gasteiger partial charge in [-0.25, -0.2) is 4.98 Å². The second kappa shape index (κ2) is 6.62. The van der Waals surface area contributed by atoms with Crippen molar-refractivity contribution in [3.05, 3.63) is 18.2 Å². The van der Waals surface area contributed by atoms with Crippen molar-refractivity contribution in [3.8, 4) is 0 Å². The van der Waals surface area contributed by atoms with Gasteiger partial charge >= 0.3 is 0 Å². The van der Waals surface area contributed by atoms with E-state index < -0.39 is 0 Å². The lowest BCUT2D eigenvalue weighted by Crippen LogP contribution is -2.26. The molecule has 15 heavy (non-hydrogen) atoms. The van der Waals surface area contributed by atoms with Gasteiger partial charge < -0.3 is 9.88 Å². The minimum absolute atomic E-state index is 0.640. The number of rotatable bonds is 7. The Kier molecular flexibility index (Phi) is 5.40. The Hall–Kier alpha value is -0.830. The van der Waals surface area contributed by atoms with Gasteiger partial charge in [0, 0.05) is 31.9 Å². The molecule has 0 aromatic carbocycles. The molecule has 0 aliphatic heterocycles. The molecule has 0 spiro atoms. The van der Waals surface area contributed by atoms with E-state index in [0.717, 1.165) is 6.42 Å². The average Bonchev–Trinajstić information content (AvgIpc) is 2.65.